The van der Waals surface area contributed by atoms with E-state index in [1.54, 1.807) is 0 Å². The lowest BCUT2D eigenvalue weighted by Gasteiger charge is -2.25. The molecule has 0 saturated heterocycles. The van der Waals surface area contributed by atoms with Crippen LogP contribution in [0.15, 0.2) is 12.7 Å². The number of rotatable bonds is 2. The predicted molar refractivity (Wildman–Crippen MR) is 43.4 cm³/mol. The second-order valence-corrected chi connectivity index (χ2v) is 3.79. The van der Waals surface area contributed by atoms with Gasteiger partial charge in [-0.3, -0.25) is 0 Å². The highest BCUT2D eigenvalue weighted by Crippen LogP contribution is 2.27. The third-order valence-corrected chi connectivity index (χ3v) is 2.00. The van der Waals surface area contributed by atoms with Gasteiger partial charge in [0.1, 0.15) is 0 Å². The van der Waals surface area contributed by atoms with Crippen molar-refractivity contribution < 1.29 is 0 Å². The van der Waals surface area contributed by atoms with Crippen LogP contribution in [0.4, 0.5) is 0 Å². The summed E-state index contributed by atoms with van der Waals surface area (Å²) < 4.78 is 0. The molecule has 0 fully saturated rings. The van der Waals surface area contributed by atoms with Crippen molar-refractivity contribution in [1.29, 1.82) is 0 Å². The van der Waals surface area contributed by atoms with Gasteiger partial charge in [-0.2, -0.15) is 0 Å². The molecule has 0 aliphatic heterocycles. The van der Waals surface area contributed by atoms with Crippen LogP contribution in [-0.2, 0) is 0 Å². The van der Waals surface area contributed by atoms with Crippen molar-refractivity contribution >= 4 is 0 Å². The van der Waals surface area contributed by atoms with E-state index in [4.69, 9.17) is 0 Å². The van der Waals surface area contributed by atoms with Crippen molar-refractivity contribution in [1.82, 2.24) is 0 Å². The normalized spacial score (nSPS) is 15.1. The molecule has 9 heavy (non-hydrogen) atoms. The molecule has 0 rings (SSSR count). The molecule has 0 radical (unpaired) electrons. The van der Waals surface area contributed by atoms with E-state index in [0.29, 0.717) is 5.41 Å². The molecule has 1 unspecified atom stereocenters. The first-order valence-electron chi connectivity index (χ1n) is 3.59. The van der Waals surface area contributed by atoms with Crippen LogP contribution >= 0.6 is 0 Å². The maximum absolute atomic E-state index is 3.71. The summed E-state index contributed by atoms with van der Waals surface area (Å²) in [5, 5.41) is 0. The molecule has 0 heteroatoms. The zero-order valence-electron chi connectivity index (χ0n) is 7.07. The van der Waals surface area contributed by atoms with Crippen LogP contribution in [-0.4, -0.2) is 0 Å². The highest BCUT2D eigenvalue weighted by molar-refractivity contribution is 4.77. The number of allylic oxidation sites excluding steroid dienone is 1. The van der Waals surface area contributed by atoms with Gasteiger partial charge in [-0.25, -0.2) is 0 Å². The van der Waals surface area contributed by atoms with Gasteiger partial charge in [-0.15, -0.1) is 6.58 Å². The minimum atomic E-state index is 0.439. The fourth-order valence-electron chi connectivity index (χ4n) is 0.604. The van der Waals surface area contributed by atoms with Crippen LogP contribution < -0.4 is 0 Å². The Hall–Kier alpha value is -0.260. The van der Waals surface area contributed by atoms with E-state index >= 15 is 0 Å². The van der Waals surface area contributed by atoms with E-state index in [0.717, 1.165) is 12.3 Å². The van der Waals surface area contributed by atoms with Crippen LogP contribution in [0.3, 0.4) is 0 Å². The molecule has 0 heterocycles. The van der Waals surface area contributed by atoms with Crippen molar-refractivity contribution in [2.45, 2.75) is 34.1 Å². The van der Waals surface area contributed by atoms with Gasteiger partial charge >= 0.3 is 0 Å². The van der Waals surface area contributed by atoms with Crippen molar-refractivity contribution in [3.05, 3.63) is 12.7 Å². The first-order chi connectivity index (χ1) is 3.98. The summed E-state index contributed by atoms with van der Waals surface area (Å²) >= 11 is 0. The summed E-state index contributed by atoms with van der Waals surface area (Å²) in [6.07, 6.45) is 3.12. The predicted octanol–water partition coefficient (Wildman–Crippen LogP) is 3.24. The lowest BCUT2D eigenvalue weighted by atomic mass is 9.80. The summed E-state index contributed by atoms with van der Waals surface area (Å²) in [5.74, 6) is 0.745. The van der Waals surface area contributed by atoms with Crippen LogP contribution in [0.25, 0.3) is 0 Å². The average Bonchev–Trinajstić information content (AvgIpc) is 1.64. The van der Waals surface area contributed by atoms with E-state index in [2.05, 4.69) is 34.3 Å². The van der Waals surface area contributed by atoms with Gasteiger partial charge in [0.25, 0.3) is 0 Å². The molecule has 0 aromatic carbocycles. The fraction of sp³-hybridized carbons (Fsp3) is 0.778. The lowest BCUT2D eigenvalue weighted by Crippen LogP contribution is -2.16. The Morgan fingerprint density at radius 2 is 1.89 bits per heavy atom. The lowest BCUT2D eigenvalue weighted by molar-refractivity contribution is 0.264. The largest absolute Gasteiger partial charge is 0.103 e. The first kappa shape index (κ1) is 8.74. The summed E-state index contributed by atoms with van der Waals surface area (Å²) in [4.78, 5) is 0. The molecule has 0 aliphatic rings. The van der Waals surface area contributed by atoms with E-state index in [-0.39, 0.29) is 0 Å². The van der Waals surface area contributed by atoms with Gasteiger partial charge in [0.15, 0.2) is 0 Å². The maximum Gasteiger partial charge on any atom is -0.0323 e. The Balaban J connectivity index is 3.72. The average molecular weight is 126 g/mol. The van der Waals surface area contributed by atoms with Gasteiger partial charge < -0.3 is 0 Å². The molecule has 0 spiro atoms. The van der Waals surface area contributed by atoms with Crippen molar-refractivity contribution in [3.8, 4) is 0 Å². The zero-order chi connectivity index (χ0) is 7.49. The Bertz CT molecular complexity index is 84.7. The molecule has 0 aliphatic carbocycles. The van der Waals surface area contributed by atoms with Crippen LogP contribution in [0, 0.1) is 11.3 Å². The minimum Gasteiger partial charge on any atom is -0.103 e. The molecule has 0 aromatic heterocycles. The molecule has 0 N–H and O–H groups in total. The highest BCUT2D eigenvalue weighted by Gasteiger charge is 2.17. The standard InChI is InChI=1S/C9H18/c1-6-7-8(2)9(3,4)5/h6,8H,1,7H2,2-5H3. The summed E-state index contributed by atoms with van der Waals surface area (Å²) in [5.41, 5.74) is 0.439. The van der Waals surface area contributed by atoms with Crippen LogP contribution in [0.1, 0.15) is 34.1 Å². The molecule has 0 saturated carbocycles. The Labute approximate surface area is 59.0 Å². The van der Waals surface area contributed by atoms with Gasteiger partial charge in [0.05, 0.1) is 0 Å². The zero-order valence-corrected chi connectivity index (χ0v) is 7.07. The Morgan fingerprint density at radius 3 is 2.00 bits per heavy atom. The molecule has 0 amide bonds. The number of hydrogen-bond donors (Lipinski definition) is 0. The second-order valence-electron chi connectivity index (χ2n) is 3.79. The third-order valence-electron chi connectivity index (χ3n) is 2.00. The summed E-state index contributed by atoms with van der Waals surface area (Å²) in [6.45, 7) is 12.8. The van der Waals surface area contributed by atoms with Crippen LogP contribution in [0.5, 0.6) is 0 Å². The van der Waals surface area contributed by atoms with Gasteiger partial charge in [-0.05, 0) is 17.8 Å². The SMILES string of the molecule is C=CCC(C)C(C)(C)C. The van der Waals surface area contributed by atoms with E-state index in [9.17, 15) is 0 Å². The van der Waals surface area contributed by atoms with Crippen molar-refractivity contribution in [3.63, 3.8) is 0 Å². The monoisotopic (exact) mass is 126 g/mol. The van der Waals surface area contributed by atoms with Gasteiger partial charge in [0.2, 0.25) is 0 Å². The summed E-state index contributed by atoms with van der Waals surface area (Å²) in [7, 11) is 0. The quantitative estimate of drug-likeness (QED) is 0.498. The molecule has 54 valence electrons. The molecular formula is C9H18. The van der Waals surface area contributed by atoms with Gasteiger partial charge in [0, 0.05) is 0 Å². The summed E-state index contributed by atoms with van der Waals surface area (Å²) in [6, 6.07) is 0. The van der Waals surface area contributed by atoms with Crippen molar-refractivity contribution in [2.75, 3.05) is 0 Å². The molecule has 0 nitrogen and oxygen atoms in total. The van der Waals surface area contributed by atoms with E-state index in [1.165, 1.54) is 0 Å². The molecule has 0 bridgehead atoms. The highest BCUT2D eigenvalue weighted by atomic mass is 14.2. The molecular weight excluding hydrogens is 108 g/mol. The van der Waals surface area contributed by atoms with Crippen molar-refractivity contribution in [2.24, 2.45) is 11.3 Å². The van der Waals surface area contributed by atoms with E-state index < -0.39 is 0 Å². The number of hydrogen-bond acceptors (Lipinski definition) is 0. The van der Waals surface area contributed by atoms with Crippen LogP contribution in [0.2, 0.25) is 0 Å². The third kappa shape index (κ3) is 3.34. The maximum atomic E-state index is 3.71. The van der Waals surface area contributed by atoms with Gasteiger partial charge in [-0.1, -0.05) is 33.8 Å². The first-order valence-corrected chi connectivity index (χ1v) is 3.59. The Morgan fingerprint density at radius 1 is 1.44 bits per heavy atom. The topological polar surface area (TPSA) is 0 Å². The molecule has 1 atom stereocenters. The smallest absolute Gasteiger partial charge is 0.0323 e. The Kier molecular flexibility index (Phi) is 2.96. The minimum absolute atomic E-state index is 0.439. The molecule has 0 aromatic rings. The second kappa shape index (κ2) is 3.05. The fourth-order valence-corrected chi connectivity index (χ4v) is 0.604. The van der Waals surface area contributed by atoms with E-state index in [1.807, 2.05) is 6.08 Å².